The van der Waals surface area contributed by atoms with Gasteiger partial charge in [-0.1, -0.05) is 51.1 Å². The summed E-state index contributed by atoms with van der Waals surface area (Å²) in [5.41, 5.74) is 0.841. The predicted octanol–water partition coefficient (Wildman–Crippen LogP) is 1.98. The van der Waals surface area contributed by atoms with Gasteiger partial charge < -0.3 is 10.2 Å². The molecule has 2 rings (SSSR count). The first-order chi connectivity index (χ1) is 9.49. The number of hydrogen-bond acceptors (Lipinski definition) is 2. The van der Waals surface area contributed by atoms with E-state index in [0.29, 0.717) is 18.4 Å². The molecule has 2 unspecified atom stereocenters. The van der Waals surface area contributed by atoms with Crippen LogP contribution < -0.4 is 5.32 Å². The summed E-state index contributed by atoms with van der Waals surface area (Å²) >= 11 is 0. The Morgan fingerprint density at radius 3 is 2.45 bits per heavy atom. The normalized spacial score (nSPS) is 21.0. The number of nitrogens with one attached hydrogen (secondary N) is 1. The average molecular weight is 274 g/mol. The van der Waals surface area contributed by atoms with Gasteiger partial charge in [0, 0.05) is 6.54 Å². The highest BCUT2D eigenvalue weighted by molar-refractivity contribution is 5.95. The molecule has 108 valence electrons. The lowest BCUT2D eigenvalue weighted by Gasteiger charge is -2.35. The van der Waals surface area contributed by atoms with Crippen molar-refractivity contribution in [3.8, 4) is 0 Å². The molecule has 1 aromatic carbocycles. The number of piperazine rings is 1. The molecule has 1 fully saturated rings. The molecule has 4 nitrogen and oxygen atoms in total. The van der Waals surface area contributed by atoms with Crippen LogP contribution in [0.5, 0.6) is 0 Å². The molecule has 20 heavy (non-hydrogen) atoms. The minimum absolute atomic E-state index is 0.0108. The Balaban J connectivity index is 2.16. The third kappa shape index (κ3) is 3.18. The Hall–Kier alpha value is -1.84. The summed E-state index contributed by atoms with van der Waals surface area (Å²) in [6, 6.07) is 8.86. The van der Waals surface area contributed by atoms with Crippen LogP contribution in [-0.2, 0) is 9.59 Å². The maximum atomic E-state index is 12.5. The molecule has 0 spiro atoms. The van der Waals surface area contributed by atoms with Crippen molar-refractivity contribution in [2.75, 3.05) is 13.1 Å². The van der Waals surface area contributed by atoms with Gasteiger partial charge in [-0.25, -0.2) is 0 Å². The molecular formula is C16H22N2O2. The molecule has 1 heterocycles. The van der Waals surface area contributed by atoms with Crippen molar-refractivity contribution >= 4 is 11.8 Å². The van der Waals surface area contributed by atoms with Gasteiger partial charge in [-0.15, -0.1) is 0 Å². The summed E-state index contributed by atoms with van der Waals surface area (Å²) in [6.45, 7) is 7.18. The number of carbonyl (C=O) groups is 2. The monoisotopic (exact) mass is 274 g/mol. The van der Waals surface area contributed by atoms with Crippen LogP contribution in [0.2, 0.25) is 0 Å². The fourth-order valence-corrected chi connectivity index (χ4v) is 2.29. The predicted molar refractivity (Wildman–Crippen MR) is 77.9 cm³/mol. The molecule has 4 heteroatoms. The van der Waals surface area contributed by atoms with E-state index >= 15 is 0 Å². The fraction of sp³-hybridized carbons (Fsp3) is 0.500. The van der Waals surface area contributed by atoms with Gasteiger partial charge in [-0.05, 0) is 17.4 Å². The summed E-state index contributed by atoms with van der Waals surface area (Å²) in [5.74, 6) is 0.766. The minimum Gasteiger partial charge on any atom is -0.339 e. The number of benzene rings is 1. The molecule has 0 radical (unpaired) electrons. The summed E-state index contributed by atoms with van der Waals surface area (Å²) in [7, 11) is 0. The quantitative estimate of drug-likeness (QED) is 0.912. The molecule has 1 N–H and O–H groups in total. The molecule has 1 saturated heterocycles. The van der Waals surface area contributed by atoms with Crippen LogP contribution in [0.25, 0.3) is 0 Å². The Morgan fingerprint density at radius 2 is 1.85 bits per heavy atom. The van der Waals surface area contributed by atoms with Gasteiger partial charge in [0.1, 0.15) is 6.04 Å². The molecular weight excluding hydrogens is 252 g/mol. The van der Waals surface area contributed by atoms with Gasteiger partial charge in [-0.2, -0.15) is 0 Å². The molecule has 2 atom stereocenters. The Labute approximate surface area is 120 Å². The van der Waals surface area contributed by atoms with E-state index in [4.69, 9.17) is 0 Å². The average Bonchev–Trinajstić information content (AvgIpc) is 2.43. The number of hydrogen-bond donors (Lipinski definition) is 1. The summed E-state index contributed by atoms with van der Waals surface area (Å²) < 4.78 is 0. The highest BCUT2D eigenvalue weighted by Gasteiger charge is 2.34. The third-order valence-corrected chi connectivity index (χ3v) is 3.98. The molecule has 0 saturated carbocycles. The second-order valence-corrected chi connectivity index (χ2v) is 5.85. The Bertz CT molecular complexity index is 485. The van der Waals surface area contributed by atoms with Crippen molar-refractivity contribution in [3.05, 3.63) is 35.9 Å². The zero-order valence-corrected chi connectivity index (χ0v) is 12.3. The molecule has 1 aliphatic heterocycles. The highest BCUT2D eigenvalue weighted by atomic mass is 16.2. The third-order valence-electron chi connectivity index (χ3n) is 3.98. The van der Waals surface area contributed by atoms with Crippen molar-refractivity contribution in [2.24, 2.45) is 11.8 Å². The SMILES string of the molecule is CC(C)C(C)CN1CC(=O)NC(c2ccccc2)C1=O. The van der Waals surface area contributed by atoms with E-state index < -0.39 is 6.04 Å². The van der Waals surface area contributed by atoms with Crippen molar-refractivity contribution in [3.63, 3.8) is 0 Å². The second-order valence-electron chi connectivity index (χ2n) is 5.85. The van der Waals surface area contributed by atoms with E-state index in [0.717, 1.165) is 5.56 Å². The minimum atomic E-state index is -0.545. The van der Waals surface area contributed by atoms with Crippen LogP contribution in [-0.4, -0.2) is 29.8 Å². The first kappa shape index (κ1) is 14.6. The smallest absolute Gasteiger partial charge is 0.250 e. The van der Waals surface area contributed by atoms with E-state index in [2.05, 4.69) is 26.1 Å². The van der Waals surface area contributed by atoms with E-state index in [1.807, 2.05) is 30.3 Å². The zero-order valence-electron chi connectivity index (χ0n) is 12.3. The Kier molecular flexibility index (Phi) is 4.42. The van der Waals surface area contributed by atoms with Crippen LogP contribution >= 0.6 is 0 Å². The van der Waals surface area contributed by atoms with Gasteiger partial charge in [0.05, 0.1) is 6.54 Å². The van der Waals surface area contributed by atoms with Crippen molar-refractivity contribution in [1.29, 1.82) is 0 Å². The first-order valence-corrected chi connectivity index (χ1v) is 7.12. The molecule has 1 aromatic rings. The largest absolute Gasteiger partial charge is 0.339 e. The number of amides is 2. The van der Waals surface area contributed by atoms with E-state index in [1.165, 1.54) is 0 Å². The molecule has 0 aromatic heterocycles. The maximum absolute atomic E-state index is 12.5. The molecule has 0 aliphatic carbocycles. The van der Waals surface area contributed by atoms with Crippen molar-refractivity contribution < 1.29 is 9.59 Å². The van der Waals surface area contributed by atoms with Crippen LogP contribution in [0.1, 0.15) is 32.4 Å². The van der Waals surface area contributed by atoms with Gasteiger partial charge in [0.2, 0.25) is 11.8 Å². The van der Waals surface area contributed by atoms with E-state index in [-0.39, 0.29) is 18.4 Å². The molecule has 0 bridgehead atoms. The van der Waals surface area contributed by atoms with E-state index in [1.54, 1.807) is 4.90 Å². The zero-order chi connectivity index (χ0) is 14.7. The summed E-state index contributed by atoms with van der Waals surface area (Å²) in [6.07, 6.45) is 0. The van der Waals surface area contributed by atoms with Crippen LogP contribution in [0, 0.1) is 11.8 Å². The van der Waals surface area contributed by atoms with Crippen LogP contribution in [0.4, 0.5) is 0 Å². The summed E-state index contributed by atoms with van der Waals surface area (Å²) in [5, 5.41) is 2.78. The van der Waals surface area contributed by atoms with Crippen molar-refractivity contribution in [2.45, 2.75) is 26.8 Å². The van der Waals surface area contributed by atoms with Gasteiger partial charge >= 0.3 is 0 Å². The molecule has 1 aliphatic rings. The lowest BCUT2D eigenvalue weighted by Crippen LogP contribution is -2.54. The number of nitrogens with zero attached hydrogens (tertiary/aromatic N) is 1. The van der Waals surface area contributed by atoms with Crippen molar-refractivity contribution in [1.82, 2.24) is 10.2 Å². The second kappa shape index (κ2) is 6.07. The molecule has 2 amide bonds. The topological polar surface area (TPSA) is 49.4 Å². The summed E-state index contributed by atoms with van der Waals surface area (Å²) in [4.78, 5) is 26.1. The highest BCUT2D eigenvalue weighted by Crippen LogP contribution is 2.21. The first-order valence-electron chi connectivity index (χ1n) is 7.12. The standard InChI is InChI=1S/C16H22N2O2/c1-11(2)12(3)9-18-10-14(19)17-15(16(18)20)13-7-5-4-6-8-13/h4-8,11-12,15H,9-10H2,1-3H3,(H,17,19). The fourth-order valence-electron chi connectivity index (χ4n) is 2.29. The lowest BCUT2D eigenvalue weighted by molar-refractivity contribution is -0.145. The van der Waals surface area contributed by atoms with Gasteiger partial charge in [0.25, 0.3) is 0 Å². The lowest BCUT2D eigenvalue weighted by atomic mass is 9.96. The van der Waals surface area contributed by atoms with E-state index in [9.17, 15) is 9.59 Å². The van der Waals surface area contributed by atoms with Gasteiger partial charge in [0.15, 0.2) is 0 Å². The number of rotatable bonds is 4. The maximum Gasteiger partial charge on any atom is 0.250 e. The van der Waals surface area contributed by atoms with Crippen LogP contribution in [0.15, 0.2) is 30.3 Å². The van der Waals surface area contributed by atoms with Gasteiger partial charge in [-0.3, -0.25) is 9.59 Å². The number of carbonyl (C=O) groups excluding carboxylic acids is 2. The van der Waals surface area contributed by atoms with Crippen LogP contribution in [0.3, 0.4) is 0 Å². The Morgan fingerprint density at radius 1 is 1.20 bits per heavy atom.